The molecule has 1 atom stereocenters. The van der Waals surface area contributed by atoms with E-state index in [-0.39, 0.29) is 5.91 Å². The summed E-state index contributed by atoms with van der Waals surface area (Å²) >= 11 is 0. The molecule has 0 saturated carbocycles. The van der Waals surface area contributed by atoms with Gasteiger partial charge in [0, 0.05) is 37.4 Å². The summed E-state index contributed by atoms with van der Waals surface area (Å²) in [6, 6.07) is 6.63. The van der Waals surface area contributed by atoms with Crippen LogP contribution in [0.5, 0.6) is 0 Å². The van der Waals surface area contributed by atoms with Gasteiger partial charge in [0.1, 0.15) is 0 Å². The van der Waals surface area contributed by atoms with E-state index in [1.807, 2.05) is 6.07 Å². The number of carbonyl (C=O) groups is 1. The smallest absolute Gasteiger partial charge is 0.254 e. The molecule has 1 unspecified atom stereocenters. The molecule has 0 spiro atoms. The Labute approximate surface area is 121 Å². The highest BCUT2D eigenvalue weighted by molar-refractivity contribution is 5.95. The van der Waals surface area contributed by atoms with Crippen molar-refractivity contribution in [3.63, 3.8) is 0 Å². The third kappa shape index (κ3) is 2.41. The molecule has 2 heterocycles. The number of hydrogen-bond donors (Lipinski definition) is 0. The Balaban J connectivity index is 1.85. The molecule has 20 heavy (non-hydrogen) atoms. The Morgan fingerprint density at radius 1 is 1.20 bits per heavy atom. The SMILES string of the molecule is CC1CCCCN1C(=O)c1ccc2c(c1)CCCN2C. The summed E-state index contributed by atoms with van der Waals surface area (Å²) in [5, 5.41) is 0. The van der Waals surface area contributed by atoms with Crippen molar-refractivity contribution < 1.29 is 4.79 Å². The van der Waals surface area contributed by atoms with Crippen molar-refractivity contribution in [1.29, 1.82) is 0 Å². The standard InChI is InChI=1S/C17H24N2O/c1-13-6-3-4-11-19(13)17(20)15-8-9-16-14(12-15)7-5-10-18(16)2/h8-9,12-13H,3-7,10-11H2,1-2H3. The molecule has 3 rings (SSSR count). The predicted molar refractivity (Wildman–Crippen MR) is 82.4 cm³/mol. The fraction of sp³-hybridized carbons (Fsp3) is 0.588. The Morgan fingerprint density at radius 2 is 2.05 bits per heavy atom. The molecule has 2 aliphatic rings. The summed E-state index contributed by atoms with van der Waals surface area (Å²) in [6.45, 7) is 4.20. The van der Waals surface area contributed by atoms with Crippen molar-refractivity contribution in [2.45, 2.75) is 45.1 Å². The predicted octanol–water partition coefficient (Wildman–Crippen LogP) is 3.08. The molecule has 2 aliphatic heterocycles. The van der Waals surface area contributed by atoms with Gasteiger partial charge < -0.3 is 9.80 Å². The molecule has 0 aliphatic carbocycles. The van der Waals surface area contributed by atoms with Crippen LogP contribution in [0.15, 0.2) is 18.2 Å². The molecule has 3 nitrogen and oxygen atoms in total. The van der Waals surface area contributed by atoms with Gasteiger partial charge in [-0.15, -0.1) is 0 Å². The molecule has 1 saturated heterocycles. The van der Waals surface area contributed by atoms with Gasteiger partial charge in [-0.3, -0.25) is 4.79 Å². The van der Waals surface area contributed by atoms with Crippen LogP contribution in [0.3, 0.4) is 0 Å². The summed E-state index contributed by atoms with van der Waals surface area (Å²) in [6.07, 6.45) is 5.81. The second-order valence-corrected chi connectivity index (χ2v) is 6.21. The Kier molecular flexibility index (Phi) is 3.68. The minimum Gasteiger partial charge on any atom is -0.374 e. The van der Waals surface area contributed by atoms with Gasteiger partial charge in [-0.25, -0.2) is 0 Å². The minimum absolute atomic E-state index is 0.216. The summed E-state index contributed by atoms with van der Waals surface area (Å²) < 4.78 is 0. The number of fused-ring (bicyclic) bond motifs is 1. The summed E-state index contributed by atoms with van der Waals surface area (Å²) in [5.74, 6) is 0.216. The molecular formula is C17H24N2O. The van der Waals surface area contributed by atoms with E-state index in [0.29, 0.717) is 6.04 Å². The number of aryl methyl sites for hydroxylation is 1. The lowest BCUT2D eigenvalue weighted by atomic mass is 9.97. The second-order valence-electron chi connectivity index (χ2n) is 6.21. The number of likely N-dealkylation sites (tertiary alicyclic amines) is 1. The van der Waals surface area contributed by atoms with Crippen molar-refractivity contribution in [2.75, 3.05) is 25.0 Å². The summed E-state index contributed by atoms with van der Waals surface area (Å²) in [7, 11) is 2.13. The lowest BCUT2D eigenvalue weighted by Gasteiger charge is -2.34. The Hall–Kier alpha value is -1.51. The van der Waals surface area contributed by atoms with Gasteiger partial charge in [0.15, 0.2) is 0 Å². The van der Waals surface area contributed by atoms with Gasteiger partial charge in [0.25, 0.3) is 5.91 Å². The van der Waals surface area contributed by atoms with Gasteiger partial charge in [-0.05, 0) is 62.8 Å². The Morgan fingerprint density at radius 3 is 2.85 bits per heavy atom. The first kappa shape index (κ1) is 13.5. The first-order valence-corrected chi connectivity index (χ1v) is 7.82. The lowest BCUT2D eigenvalue weighted by molar-refractivity contribution is 0.0635. The molecule has 1 amide bonds. The molecule has 0 bridgehead atoms. The van der Waals surface area contributed by atoms with Crippen LogP contribution in [-0.4, -0.2) is 37.0 Å². The van der Waals surface area contributed by atoms with Crippen molar-refractivity contribution in [1.82, 2.24) is 4.90 Å². The maximum atomic E-state index is 12.7. The number of carbonyl (C=O) groups excluding carboxylic acids is 1. The van der Waals surface area contributed by atoms with E-state index in [0.717, 1.165) is 37.9 Å². The zero-order chi connectivity index (χ0) is 14.1. The highest BCUT2D eigenvalue weighted by atomic mass is 16.2. The van der Waals surface area contributed by atoms with Gasteiger partial charge in [-0.2, -0.15) is 0 Å². The molecule has 3 heteroatoms. The fourth-order valence-corrected chi connectivity index (χ4v) is 3.48. The van der Waals surface area contributed by atoms with Crippen LogP contribution in [0.4, 0.5) is 5.69 Å². The van der Waals surface area contributed by atoms with Gasteiger partial charge in [0.2, 0.25) is 0 Å². The van der Waals surface area contributed by atoms with E-state index in [1.165, 1.54) is 24.1 Å². The van der Waals surface area contributed by atoms with E-state index >= 15 is 0 Å². The van der Waals surface area contributed by atoms with E-state index in [2.05, 4.69) is 35.9 Å². The number of hydrogen-bond acceptors (Lipinski definition) is 2. The number of piperidine rings is 1. The van der Waals surface area contributed by atoms with Gasteiger partial charge >= 0.3 is 0 Å². The van der Waals surface area contributed by atoms with Gasteiger partial charge in [0.05, 0.1) is 0 Å². The molecule has 108 valence electrons. The molecular weight excluding hydrogens is 248 g/mol. The summed E-state index contributed by atoms with van der Waals surface area (Å²) in [4.78, 5) is 17.0. The van der Waals surface area contributed by atoms with Crippen LogP contribution in [0.25, 0.3) is 0 Å². The topological polar surface area (TPSA) is 23.6 Å². The van der Waals surface area contributed by atoms with E-state index in [1.54, 1.807) is 0 Å². The maximum absolute atomic E-state index is 12.7. The fourth-order valence-electron chi connectivity index (χ4n) is 3.48. The molecule has 0 N–H and O–H groups in total. The van der Waals surface area contributed by atoms with Crippen molar-refractivity contribution >= 4 is 11.6 Å². The second kappa shape index (κ2) is 5.47. The molecule has 1 aromatic carbocycles. The first-order chi connectivity index (χ1) is 9.66. The van der Waals surface area contributed by atoms with Crippen LogP contribution in [0, 0.1) is 0 Å². The van der Waals surface area contributed by atoms with E-state index in [4.69, 9.17) is 0 Å². The third-order valence-corrected chi connectivity index (χ3v) is 4.74. The maximum Gasteiger partial charge on any atom is 0.254 e. The van der Waals surface area contributed by atoms with Crippen molar-refractivity contribution in [2.24, 2.45) is 0 Å². The quantitative estimate of drug-likeness (QED) is 0.784. The first-order valence-electron chi connectivity index (χ1n) is 7.82. The average Bonchev–Trinajstić information content (AvgIpc) is 2.47. The Bertz CT molecular complexity index is 512. The number of rotatable bonds is 1. The van der Waals surface area contributed by atoms with Crippen molar-refractivity contribution in [3.05, 3.63) is 29.3 Å². The van der Waals surface area contributed by atoms with Gasteiger partial charge in [-0.1, -0.05) is 0 Å². The largest absolute Gasteiger partial charge is 0.374 e. The molecule has 0 radical (unpaired) electrons. The monoisotopic (exact) mass is 272 g/mol. The molecule has 1 aromatic rings. The summed E-state index contributed by atoms with van der Waals surface area (Å²) in [5.41, 5.74) is 3.49. The zero-order valence-corrected chi connectivity index (χ0v) is 12.6. The van der Waals surface area contributed by atoms with Crippen LogP contribution < -0.4 is 4.90 Å². The minimum atomic E-state index is 0.216. The highest BCUT2D eigenvalue weighted by Gasteiger charge is 2.25. The van der Waals surface area contributed by atoms with E-state index in [9.17, 15) is 4.79 Å². The lowest BCUT2D eigenvalue weighted by Crippen LogP contribution is -2.42. The van der Waals surface area contributed by atoms with Crippen LogP contribution in [0.2, 0.25) is 0 Å². The van der Waals surface area contributed by atoms with Crippen LogP contribution >= 0.6 is 0 Å². The van der Waals surface area contributed by atoms with E-state index < -0.39 is 0 Å². The highest BCUT2D eigenvalue weighted by Crippen LogP contribution is 2.28. The molecule has 0 aromatic heterocycles. The van der Waals surface area contributed by atoms with Crippen molar-refractivity contribution in [3.8, 4) is 0 Å². The normalized spacial score (nSPS) is 22.6. The number of amides is 1. The van der Waals surface area contributed by atoms with Crippen LogP contribution in [-0.2, 0) is 6.42 Å². The third-order valence-electron chi connectivity index (χ3n) is 4.74. The molecule has 1 fully saturated rings. The zero-order valence-electron chi connectivity index (χ0n) is 12.6. The average molecular weight is 272 g/mol. The number of nitrogens with zero attached hydrogens (tertiary/aromatic N) is 2. The van der Waals surface area contributed by atoms with Crippen LogP contribution in [0.1, 0.15) is 48.5 Å². The number of anilines is 1. The number of benzene rings is 1.